The Balaban J connectivity index is 2.26. The Morgan fingerprint density at radius 3 is 2.57 bits per heavy atom. The maximum absolute atomic E-state index is 12.5. The second-order valence-electron chi connectivity index (χ2n) is 7.14. The van der Waals surface area contributed by atoms with Gasteiger partial charge in [-0.1, -0.05) is 26.5 Å². The van der Waals surface area contributed by atoms with E-state index in [1.54, 1.807) is 13.0 Å². The summed E-state index contributed by atoms with van der Waals surface area (Å²) >= 11 is 0. The van der Waals surface area contributed by atoms with E-state index in [0.29, 0.717) is 11.1 Å². The summed E-state index contributed by atoms with van der Waals surface area (Å²) < 4.78 is 26.8. The van der Waals surface area contributed by atoms with Crippen LogP contribution in [0.25, 0.3) is 0 Å². The van der Waals surface area contributed by atoms with Crippen molar-refractivity contribution in [2.24, 2.45) is 5.41 Å². The van der Waals surface area contributed by atoms with Crippen LogP contribution in [-0.2, 0) is 27.9 Å². The van der Waals surface area contributed by atoms with Gasteiger partial charge in [0.25, 0.3) is 0 Å². The predicted octanol–water partition coefficient (Wildman–Crippen LogP) is 1.04. The van der Waals surface area contributed by atoms with Gasteiger partial charge in [0, 0.05) is 0 Å². The number of phosphoric ester groups is 1. The molecule has 4 unspecified atom stereocenters. The van der Waals surface area contributed by atoms with Gasteiger partial charge in [0.2, 0.25) is 11.5 Å². The summed E-state index contributed by atoms with van der Waals surface area (Å²) in [5.41, 5.74) is 0.437. The standard InChI is InChI=1S/C17H23O10P/c1-5-9-8(2)12(20)11(6-17(9,3)4)26-28(23,24)27-15-13(21)16(22)25-14(15)10(19)7-18/h5,10-11,14,18-19,21H,1,6-7H2,2-4H3,(H,23,24). The first-order chi connectivity index (χ1) is 12.8. The highest BCUT2D eigenvalue weighted by atomic mass is 31.2. The molecule has 0 saturated heterocycles. The molecule has 4 atom stereocenters. The number of aliphatic hydroxyl groups excluding tert-OH is 3. The summed E-state index contributed by atoms with van der Waals surface area (Å²) in [6, 6.07) is 0. The molecule has 10 nitrogen and oxygen atoms in total. The van der Waals surface area contributed by atoms with Gasteiger partial charge in [0.15, 0.2) is 11.9 Å². The number of esters is 1. The molecule has 156 valence electrons. The SMILES string of the molecule is C=CC1=C(C)C(=O)C(OP(=O)(O)OC2=C(O)C(=O)OC2C(O)CO)CC1(C)C. The number of phosphoric acid groups is 1. The van der Waals surface area contributed by atoms with Crippen molar-refractivity contribution in [1.82, 2.24) is 0 Å². The average Bonchev–Trinajstić information content (AvgIpc) is 2.86. The number of hydrogen-bond acceptors (Lipinski definition) is 9. The third-order valence-electron chi connectivity index (χ3n) is 4.62. The molecule has 0 saturated carbocycles. The Morgan fingerprint density at radius 2 is 2.04 bits per heavy atom. The molecular weight excluding hydrogens is 395 g/mol. The lowest BCUT2D eigenvalue weighted by atomic mass is 9.71. The van der Waals surface area contributed by atoms with Gasteiger partial charge in [-0.3, -0.25) is 14.2 Å². The van der Waals surface area contributed by atoms with E-state index in [-0.39, 0.29) is 6.42 Å². The molecule has 0 radical (unpaired) electrons. The smallest absolute Gasteiger partial charge is 0.499 e. The van der Waals surface area contributed by atoms with E-state index in [2.05, 4.69) is 11.3 Å². The molecule has 0 spiro atoms. The van der Waals surface area contributed by atoms with Crippen LogP contribution < -0.4 is 0 Å². The van der Waals surface area contributed by atoms with Crippen molar-refractivity contribution < 1.29 is 48.2 Å². The third-order valence-corrected chi connectivity index (χ3v) is 5.57. The van der Waals surface area contributed by atoms with E-state index in [0.717, 1.165) is 0 Å². The van der Waals surface area contributed by atoms with Crippen molar-refractivity contribution in [2.75, 3.05) is 6.61 Å². The van der Waals surface area contributed by atoms with Crippen molar-refractivity contribution in [3.05, 3.63) is 35.3 Å². The molecule has 28 heavy (non-hydrogen) atoms. The normalized spacial score (nSPS) is 28.1. The van der Waals surface area contributed by atoms with Crippen LogP contribution in [0.4, 0.5) is 0 Å². The predicted molar refractivity (Wildman–Crippen MR) is 94.7 cm³/mol. The fraction of sp³-hybridized carbons (Fsp3) is 0.529. The molecule has 1 aliphatic carbocycles. The van der Waals surface area contributed by atoms with Gasteiger partial charge in [-0.25, -0.2) is 9.36 Å². The highest BCUT2D eigenvalue weighted by Gasteiger charge is 2.47. The quantitative estimate of drug-likeness (QED) is 0.347. The zero-order chi connectivity index (χ0) is 21.4. The molecular formula is C17H23O10P. The van der Waals surface area contributed by atoms with Crippen LogP contribution in [0.15, 0.2) is 35.3 Å². The van der Waals surface area contributed by atoms with E-state index in [4.69, 9.17) is 14.2 Å². The molecule has 0 amide bonds. The first-order valence-electron chi connectivity index (χ1n) is 8.36. The van der Waals surface area contributed by atoms with E-state index in [9.17, 15) is 29.3 Å². The number of Topliss-reactive ketones (excluding diaryl/α,β-unsaturated/α-hetero) is 1. The number of aliphatic hydroxyl groups is 3. The number of cyclic esters (lactones) is 1. The Morgan fingerprint density at radius 1 is 1.43 bits per heavy atom. The molecule has 2 aliphatic rings. The Labute approximate surface area is 161 Å². The van der Waals surface area contributed by atoms with Gasteiger partial charge in [-0.05, 0) is 29.9 Å². The highest BCUT2D eigenvalue weighted by molar-refractivity contribution is 7.47. The molecule has 11 heteroatoms. The van der Waals surface area contributed by atoms with Crippen molar-refractivity contribution in [2.45, 2.75) is 45.5 Å². The van der Waals surface area contributed by atoms with Gasteiger partial charge in [-0.2, -0.15) is 0 Å². The number of allylic oxidation sites excluding steroid dienone is 2. The van der Waals surface area contributed by atoms with Crippen molar-refractivity contribution in [3.8, 4) is 0 Å². The van der Waals surface area contributed by atoms with Crippen LogP contribution in [-0.4, -0.2) is 56.9 Å². The van der Waals surface area contributed by atoms with E-state index >= 15 is 0 Å². The van der Waals surface area contributed by atoms with Crippen LogP contribution in [0.2, 0.25) is 0 Å². The molecule has 1 heterocycles. The zero-order valence-electron chi connectivity index (χ0n) is 15.6. The maximum Gasteiger partial charge on any atom is 0.528 e. The number of carbonyl (C=O) groups excluding carboxylic acids is 2. The maximum atomic E-state index is 12.5. The molecule has 0 aromatic carbocycles. The summed E-state index contributed by atoms with van der Waals surface area (Å²) in [6.07, 6.45) is -3.13. The minimum Gasteiger partial charge on any atom is -0.499 e. The monoisotopic (exact) mass is 418 g/mol. The Hall–Kier alpha value is -1.97. The van der Waals surface area contributed by atoms with Gasteiger partial charge < -0.3 is 24.6 Å². The number of hydrogen-bond donors (Lipinski definition) is 4. The average molecular weight is 418 g/mol. The van der Waals surface area contributed by atoms with Crippen molar-refractivity contribution in [1.29, 1.82) is 0 Å². The fourth-order valence-corrected chi connectivity index (χ4v) is 4.25. The molecule has 0 aromatic rings. The first kappa shape index (κ1) is 22.3. The summed E-state index contributed by atoms with van der Waals surface area (Å²) in [6.45, 7) is 7.97. The van der Waals surface area contributed by atoms with Crippen LogP contribution in [0.5, 0.6) is 0 Å². The second kappa shape index (κ2) is 7.81. The lowest BCUT2D eigenvalue weighted by molar-refractivity contribution is -0.147. The first-order valence-corrected chi connectivity index (χ1v) is 9.86. The largest absolute Gasteiger partial charge is 0.528 e. The molecule has 2 rings (SSSR count). The molecule has 0 aromatic heterocycles. The van der Waals surface area contributed by atoms with Crippen molar-refractivity contribution >= 4 is 19.6 Å². The minimum absolute atomic E-state index is 0.0571. The van der Waals surface area contributed by atoms with Gasteiger partial charge in [-0.15, -0.1) is 0 Å². The second-order valence-corrected chi connectivity index (χ2v) is 8.47. The van der Waals surface area contributed by atoms with Gasteiger partial charge >= 0.3 is 13.8 Å². The highest BCUT2D eigenvalue weighted by Crippen LogP contribution is 2.52. The lowest BCUT2D eigenvalue weighted by Crippen LogP contribution is -2.37. The van der Waals surface area contributed by atoms with Crippen LogP contribution in [0, 0.1) is 5.41 Å². The summed E-state index contributed by atoms with van der Waals surface area (Å²) in [5, 5.41) is 28.3. The number of carbonyl (C=O) groups is 2. The number of rotatable bonds is 7. The number of ketones is 1. The van der Waals surface area contributed by atoms with Gasteiger partial charge in [0.1, 0.15) is 12.2 Å². The molecule has 0 bridgehead atoms. The Kier molecular flexibility index (Phi) is 6.22. The van der Waals surface area contributed by atoms with Crippen molar-refractivity contribution in [3.63, 3.8) is 0 Å². The van der Waals surface area contributed by atoms with Crippen LogP contribution in [0.3, 0.4) is 0 Å². The van der Waals surface area contributed by atoms with Gasteiger partial charge in [0.05, 0.1) is 6.61 Å². The van der Waals surface area contributed by atoms with E-state index in [1.165, 1.54) is 0 Å². The third kappa shape index (κ3) is 4.21. The molecule has 0 fully saturated rings. The summed E-state index contributed by atoms with van der Waals surface area (Å²) in [7, 11) is -5.02. The van der Waals surface area contributed by atoms with E-state index in [1.807, 2.05) is 13.8 Å². The van der Waals surface area contributed by atoms with Crippen LogP contribution >= 0.6 is 7.82 Å². The Bertz CT molecular complexity index is 809. The molecule has 4 N–H and O–H groups in total. The summed E-state index contributed by atoms with van der Waals surface area (Å²) in [4.78, 5) is 34.0. The van der Waals surface area contributed by atoms with Crippen LogP contribution in [0.1, 0.15) is 27.2 Å². The zero-order valence-corrected chi connectivity index (χ0v) is 16.5. The fourth-order valence-electron chi connectivity index (χ4n) is 3.27. The van der Waals surface area contributed by atoms with E-state index < -0.39 is 61.4 Å². The lowest BCUT2D eigenvalue weighted by Gasteiger charge is -2.36. The number of ether oxygens (including phenoxy) is 1. The topological polar surface area (TPSA) is 160 Å². The summed E-state index contributed by atoms with van der Waals surface area (Å²) in [5.74, 6) is -3.84. The molecule has 1 aliphatic heterocycles. The minimum atomic E-state index is -5.02.